The molecule has 2 N–H and O–H groups in total. The number of hydrogen-bond donors (Lipinski definition) is 2. The third kappa shape index (κ3) is 3.84. The zero-order valence-electron chi connectivity index (χ0n) is 12.0. The second kappa shape index (κ2) is 6.89. The Balaban J connectivity index is 1.69. The first-order valence-electron chi connectivity index (χ1n) is 6.92. The van der Waals surface area contributed by atoms with Crippen LogP contribution in [0.15, 0.2) is 67.0 Å². The van der Waals surface area contributed by atoms with Gasteiger partial charge in [-0.1, -0.05) is 41.9 Å². The predicted octanol–water partition coefficient (Wildman–Crippen LogP) is 4.13. The summed E-state index contributed by atoms with van der Waals surface area (Å²) >= 11 is 6.02. The van der Waals surface area contributed by atoms with Crippen LogP contribution >= 0.6 is 11.6 Å². The number of nitrogens with one attached hydrogen (secondary N) is 2. The molecule has 0 fully saturated rings. The molecule has 2 aromatic carbocycles. The minimum Gasteiger partial charge on any atom is -0.324 e. The third-order valence-corrected chi connectivity index (χ3v) is 3.40. The summed E-state index contributed by atoms with van der Waals surface area (Å²) in [6, 6.07) is 16.6. The summed E-state index contributed by atoms with van der Waals surface area (Å²) in [7, 11) is 0. The molecule has 114 valence electrons. The summed E-state index contributed by atoms with van der Waals surface area (Å²) in [5.74, 6) is 0.106. The number of halogens is 1. The second-order valence-electron chi connectivity index (χ2n) is 4.72. The van der Waals surface area contributed by atoms with Gasteiger partial charge in [0, 0.05) is 18.1 Å². The normalized spacial score (nSPS) is 10.1. The van der Waals surface area contributed by atoms with E-state index in [1.54, 1.807) is 24.3 Å². The number of para-hydroxylation sites is 2. The van der Waals surface area contributed by atoms with Crippen molar-refractivity contribution in [2.24, 2.45) is 0 Å². The van der Waals surface area contributed by atoms with Crippen LogP contribution in [0.3, 0.4) is 0 Å². The van der Waals surface area contributed by atoms with Crippen molar-refractivity contribution in [3.05, 3.63) is 77.6 Å². The molecule has 1 amide bonds. The van der Waals surface area contributed by atoms with E-state index in [1.807, 2.05) is 30.3 Å². The van der Waals surface area contributed by atoms with Gasteiger partial charge < -0.3 is 10.6 Å². The molecule has 0 radical (unpaired) electrons. The number of rotatable bonds is 4. The minimum absolute atomic E-state index is 0.315. The lowest BCUT2D eigenvalue weighted by Crippen LogP contribution is -2.13. The highest BCUT2D eigenvalue weighted by atomic mass is 35.5. The Morgan fingerprint density at radius 1 is 0.913 bits per heavy atom. The van der Waals surface area contributed by atoms with Crippen LogP contribution in [0, 0.1) is 0 Å². The van der Waals surface area contributed by atoms with Crippen molar-refractivity contribution < 1.29 is 4.79 Å². The molecule has 5 nitrogen and oxygen atoms in total. The summed E-state index contributed by atoms with van der Waals surface area (Å²) in [6.07, 6.45) is 2.93. The van der Waals surface area contributed by atoms with E-state index in [9.17, 15) is 4.79 Å². The first-order valence-corrected chi connectivity index (χ1v) is 7.30. The third-order valence-electron chi connectivity index (χ3n) is 3.07. The van der Waals surface area contributed by atoms with Gasteiger partial charge in [-0.15, -0.1) is 0 Å². The number of carbonyl (C=O) groups excluding carboxylic acids is 1. The van der Waals surface area contributed by atoms with Gasteiger partial charge in [0.2, 0.25) is 5.95 Å². The smallest absolute Gasteiger partial charge is 0.258 e. The lowest BCUT2D eigenvalue weighted by Gasteiger charge is -2.07. The Bertz CT molecular complexity index is 806. The summed E-state index contributed by atoms with van der Waals surface area (Å²) in [5, 5.41) is 6.25. The fourth-order valence-electron chi connectivity index (χ4n) is 1.92. The zero-order chi connectivity index (χ0) is 16.1. The fraction of sp³-hybridized carbons (Fsp3) is 0. The Hall–Kier alpha value is -2.92. The van der Waals surface area contributed by atoms with Crippen LogP contribution in [0.4, 0.5) is 17.3 Å². The largest absolute Gasteiger partial charge is 0.324 e. The van der Waals surface area contributed by atoms with Gasteiger partial charge in [0.15, 0.2) is 0 Å². The van der Waals surface area contributed by atoms with Gasteiger partial charge in [0.05, 0.1) is 16.3 Å². The van der Waals surface area contributed by atoms with Crippen molar-refractivity contribution in [3.8, 4) is 0 Å². The van der Waals surface area contributed by atoms with E-state index in [2.05, 4.69) is 20.6 Å². The first-order chi connectivity index (χ1) is 11.2. The van der Waals surface area contributed by atoms with Crippen LogP contribution in [-0.2, 0) is 0 Å². The average molecular weight is 325 g/mol. The molecule has 0 saturated carbocycles. The Labute approximate surface area is 138 Å². The molecule has 0 bridgehead atoms. The van der Waals surface area contributed by atoms with Crippen molar-refractivity contribution in [1.82, 2.24) is 9.97 Å². The van der Waals surface area contributed by atoms with Gasteiger partial charge >= 0.3 is 0 Å². The Morgan fingerprint density at radius 3 is 2.26 bits per heavy atom. The van der Waals surface area contributed by atoms with Crippen molar-refractivity contribution in [1.29, 1.82) is 0 Å². The van der Waals surface area contributed by atoms with Crippen LogP contribution in [0.2, 0.25) is 5.02 Å². The average Bonchev–Trinajstić information content (AvgIpc) is 2.58. The maximum atomic E-state index is 12.2. The predicted molar refractivity (Wildman–Crippen MR) is 91.2 cm³/mol. The van der Waals surface area contributed by atoms with Crippen LogP contribution < -0.4 is 10.6 Å². The molecule has 0 atom stereocenters. The molecule has 3 rings (SSSR count). The van der Waals surface area contributed by atoms with Gasteiger partial charge in [-0.05, 0) is 24.3 Å². The molecule has 1 aromatic heterocycles. The molecule has 0 aliphatic heterocycles. The van der Waals surface area contributed by atoms with Gasteiger partial charge in [0.1, 0.15) is 0 Å². The van der Waals surface area contributed by atoms with E-state index in [1.165, 1.54) is 12.4 Å². The number of hydrogen-bond acceptors (Lipinski definition) is 4. The molecule has 6 heteroatoms. The Morgan fingerprint density at radius 2 is 1.57 bits per heavy atom. The molecule has 23 heavy (non-hydrogen) atoms. The zero-order valence-corrected chi connectivity index (χ0v) is 12.8. The summed E-state index contributed by atoms with van der Waals surface area (Å²) in [5.41, 5.74) is 1.77. The second-order valence-corrected chi connectivity index (χ2v) is 5.13. The van der Waals surface area contributed by atoms with Crippen LogP contribution in [0.1, 0.15) is 10.4 Å². The fourth-order valence-corrected chi connectivity index (χ4v) is 2.10. The molecule has 0 aliphatic carbocycles. The van der Waals surface area contributed by atoms with E-state index in [-0.39, 0.29) is 5.91 Å². The highest BCUT2D eigenvalue weighted by molar-refractivity contribution is 6.33. The number of carbonyl (C=O) groups is 1. The molecule has 0 spiro atoms. The molecule has 0 aliphatic rings. The van der Waals surface area contributed by atoms with Crippen molar-refractivity contribution in [3.63, 3.8) is 0 Å². The number of aromatic nitrogens is 2. The van der Waals surface area contributed by atoms with E-state index < -0.39 is 0 Å². The number of benzene rings is 2. The highest BCUT2D eigenvalue weighted by Crippen LogP contribution is 2.21. The molecular formula is C17H13ClN4O. The summed E-state index contributed by atoms with van der Waals surface area (Å²) < 4.78 is 0. The monoisotopic (exact) mass is 324 g/mol. The van der Waals surface area contributed by atoms with Crippen molar-refractivity contribution in [2.75, 3.05) is 10.6 Å². The van der Waals surface area contributed by atoms with E-state index in [4.69, 9.17) is 11.6 Å². The quantitative estimate of drug-likeness (QED) is 0.757. The standard InChI is InChI=1S/C17H13ClN4O/c18-14-8-4-5-9-15(14)22-16(23)12-10-19-17(20-11-12)21-13-6-2-1-3-7-13/h1-11H,(H,22,23)(H,19,20,21). The molecule has 0 unspecified atom stereocenters. The SMILES string of the molecule is O=C(Nc1ccccc1Cl)c1cnc(Nc2ccccc2)nc1. The van der Waals surface area contributed by atoms with Crippen LogP contribution in [0.25, 0.3) is 0 Å². The van der Waals surface area contributed by atoms with Crippen molar-refractivity contribution in [2.45, 2.75) is 0 Å². The molecule has 1 heterocycles. The lowest BCUT2D eigenvalue weighted by atomic mass is 10.3. The van der Waals surface area contributed by atoms with E-state index in [0.29, 0.717) is 22.2 Å². The maximum absolute atomic E-state index is 12.2. The maximum Gasteiger partial charge on any atom is 0.258 e. The number of anilines is 3. The van der Waals surface area contributed by atoms with Crippen molar-refractivity contribution >= 4 is 34.8 Å². The number of nitrogens with zero attached hydrogens (tertiary/aromatic N) is 2. The molecule has 3 aromatic rings. The van der Waals surface area contributed by atoms with Crippen LogP contribution in [-0.4, -0.2) is 15.9 Å². The molecule has 0 saturated heterocycles. The van der Waals surface area contributed by atoms with Gasteiger partial charge in [0.25, 0.3) is 5.91 Å². The van der Waals surface area contributed by atoms with Crippen LogP contribution in [0.5, 0.6) is 0 Å². The summed E-state index contributed by atoms with van der Waals surface area (Å²) in [6.45, 7) is 0. The first kappa shape index (κ1) is 15.0. The van der Waals surface area contributed by atoms with E-state index >= 15 is 0 Å². The molecular weight excluding hydrogens is 312 g/mol. The van der Waals surface area contributed by atoms with Gasteiger partial charge in [-0.25, -0.2) is 9.97 Å². The minimum atomic E-state index is -0.315. The van der Waals surface area contributed by atoms with Gasteiger partial charge in [-0.3, -0.25) is 4.79 Å². The number of amides is 1. The highest BCUT2D eigenvalue weighted by Gasteiger charge is 2.09. The lowest BCUT2D eigenvalue weighted by molar-refractivity contribution is 0.102. The topological polar surface area (TPSA) is 66.9 Å². The van der Waals surface area contributed by atoms with E-state index in [0.717, 1.165) is 5.69 Å². The van der Waals surface area contributed by atoms with Gasteiger partial charge in [-0.2, -0.15) is 0 Å². The summed E-state index contributed by atoms with van der Waals surface area (Å²) in [4.78, 5) is 20.5. The Kier molecular flexibility index (Phi) is 4.49.